The van der Waals surface area contributed by atoms with Crippen molar-refractivity contribution >= 4 is 17.3 Å². The molecule has 0 aliphatic rings. The number of nitrogens with zero attached hydrogens (tertiary/aromatic N) is 4. The summed E-state index contributed by atoms with van der Waals surface area (Å²) in [6, 6.07) is 4.59. The van der Waals surface area contributed by atoms with Gasteiger partial charge in [0.2, 0.25) is 0 Å². The molecule has 0 aliphatic carbocycles. The Morgan fingerprint density at radius 1 is 1.29 bits per heavy atom. The maximum absolute atomic E-state index is 11.0. The number of pyridine rings is 1. The van der Waals surface area contributed by atoms with Crippen molar-refractivity contribution in [2.75, 3.05) is 17.2 Å². The zero-order valence-electron chi connectivity index (χ0n) is 11.6. The summed E-state index contributed by atoms with van der Waals surface area (Å²) < 4.78 is 0. The summed E-state index contributed by atoms with van der Waals surface area (Å²) >= 11 is 0. The minimum atomic E-state index is -0.436. The first-order valence-corrected chi connectivity index (χ1v) is 6.58. The van der Waals surface area contributed by atoms with E-state index in [0.717, 1.165) is 12.1 Å². The topological polar surface area (TPSA) is 106 Å². The number of rotatable bonds is 7. The van der Waals surface area contributed by atoms with Crippen molar-refractivity contribution in [3.63, 3.8) is 0 Å². The third-order valence-corrected chi connectivity index (χ3v) is 2.67. The molecular weight excluding hydrogens is 272 g/mol. The van der Waals surface area contributed by atoms with Gasteiger partial charge in [0.1, 0.15) is 18.0 Å². The van der Waals surface area contributed by atoms with Gasteiger partial charge in [0.15, 0.2) is 0 Å². The molecule has 0 saturated heterocycles. The summed E-state index contributed by atoms with van der Waals surface area (Å²) in [5, 5.41) is 17.0. The molecule has 2 N–H and O–H groups in total. The minimum Gasteiger partial charge on any atom is -0.370 e. The monoisotopic (exact) mass is 288 g/mol. The lowest BCUT2D eigenvalue weighted by Crippen LogP contribution is -2.07. The maximum Gasteiger partial charge on any atom is 0.276 e. The molecule has 2 heterocycles. The summed E-state index contributed by atoms with van der Waals surface area (Å²) in [7, 11) is 0. The van der Waals surface area contributed by atoms with E-state index in [4.69, 9.17) is 0 Å². The van der Waals surface area contributed by atoms with Gasteiger partial charge in [-0.25, -0.2) is 15.0 Å². The molecule has 0 saturated carbocycles. The van der Waals surface area contributed by atoms with Crippen molar-refractivity contribution < 1.29 is 4.92 Å². The van der Waals surface area contributed by atoms with Gasteiger partial charge < -0.3 is 10.6 Å². The number of nitrogens with one attached hydrogen (secondary N) is 2. The van der Waals surface area contributed by atoms with Crippen molar-refractivity contribution in [1.82, 2.24) is 15.0 Å². The Hall–Kier alpha value is -2.77. The molecule has 8 heteroatoms. The van der Waals surface area contributed by atoms with Crippen molar-refractivity contribution in [1.29, 1.82) is 0 Å². The van der Waals surface area contributed by atoms with E-state index in [-0.39, 0.29) is 5.69 Å². The largest absolute Gasteiger partial charge is 0.370 e. The zero-order valence-corrected chi connectivity index (χ0v) is 11.6. The number of nitro groups is 1. The first kappa shape index (κ1) is 14.6. The highest BCUT2D eigenvalue weighted by Crippen LogP contribution is 2.21. The molecule has 21 heavy (non-hydrogen) atoms. The number of aromatic nitrogens is 3. The number of hydrogen-bond acceptors (Lipinski definition) is 7. The molecule has 0 amide bonds. The van der Waals surface area contributed by atoms with Gasteiger partial charge in [0.25, 0.3) is 5.69 Å². The van der Waals surface area contributed by atoms with Crippen LogP contribution in [0, 0.1) is 10.1 Å². The number of hydrogen-bond donors (Lipinski definition) is 2. The van der Waals surface area contributed by atoms with Crippen LogP contribution in [0.2, 0.25) is 0 Å². The molecule has 8 nitrogen and oxygen atoms in total. The number of anilines is 2. The van der Waals surface area contributed by atoms with E-state index in [0.29, 0.717) is 24.7 Å². The van der Waals surface area contributed by atoms with E-state index in [1.165, 1.54) is 18.5 Å². The molecular formula is C13H16N6O2. The first-order valence-electron chi connectivity index (χ1n) is 6.58. The second-order valence-electron chi connectivity index (χ2n) is 4.33. The Morgan fingerprint density at radius 3 is 2.67 bits per heavy atom. The van der Waals surface area contributed by atoms with Crippen molar-refractivity contribution in [3.05, 3.63) is 46.5 Å². The summed E-state index contributed by atoms with van der Waals surface area (Å²) in [5.74, 6) is 0.914. The van der Waals surface area contributed by atoms with Gasteiger partial charge in [-0.2, -0.15) is 0 Å². The normalized spacial score (nSPS) is 10.1. The van der Waals surface area contributed by atoms with Gasteiger partial charge in [-0.1, -0.05) is 6.92 Å². The maximum atomic E-state index is 11.0. The van der Waals surface area contributed by atoms with E-state index in [2.05, 4.69) is 25.6 Å². The highest BCUT2D eigenvalue weighted by molar-refractivity contribution is 5.54. The fraction of sp³-hybridized carbons (Fsp3) is 0.308. The SMILES string of the molecule is CCCNc1cc([N+](=O)[O-])cc(NCc2ccncn2)n1. The van der Waals surface area contributed by atoms with Crippen LogP contribution in [0.15, 0.2) is 30.7 Å². The van der Waals surface area contributed by atoms with Gasteiger partial charge in [-0.3, -0.25) is 10.1 Å². The van der Waals surface area contributed by atoms with Gasteiger partial charge in [0.05, 0.1) is 29.3 Å². The van der Waals surface area contributed by atoms with Gasteiger partial charge in [-0.15, -0.1) is 0 Å². The lowest BCUT2D eigenvalue weighted by Gasteiger charge is -2.08. The van der Waals surface area contributed by atoms with Crippen LogP contribution in [-0.4, -0.2) is 26.4 Å². The smallest absolute Gasteiger partial charge is 0.276 e. The van der Waals surface area contributed by atoms with E-state index in [9.17, 15) is 10.1 Å². The van der Waals surface area contributed by atoms with Crippen LogP contribution in [0.25, 0.3) is 0 Å². The molecule has 0 fully saturated rings. The molecule has 0 atom stereocenters. The highest BCUT2D eigenvalue weighted by atomic mass is 16.6. The molecule has 0 aromatic carbocycles. The summed E-state index contributed by atoms with van der Waals surface area (Å²) in [4.78, 5) is 22.7. The fourth-order valence-corrected chi connectivity index (χ4v) is 1.66. The Bertz CT molecular complexity index is 605. The van der Waals surface area contributed by atoms with Gasteiger partial charge in [0, 0.05) is 12.7 Å². The van der Waals surface area contributed by atoms with E-state index >= 15 is 0 Å². The van der Waals surface area contributed by atoms with E-state index in [1.54, 1.807) is 12.3 Å². The fourth-order valence-electron chi connectivity index (χ4n) is 1.66. The molecule has 2 aromatic rings. The summed E-state index contributed by atoms with van der Waals surface area (Å²) in [5.41, 5.74) is 0.773. The Labute approximate surface area is 121 Å². The molecule has 0 radical (unpaired) electrons. The predicted octanol–water partition coefficient (Wildman–Crippen LogP) is 2.21. The van der Waals surface area contributed by atoms with Crippen LogP contribution in [0.3, 0.4) is 0 Å². The molecule has 2 rings (SSSR count). The Morgan fingerprint density at radius 2 is 2.05 bits per heavy atom. The third-order valence-electron chi connectivity index (χ3n) is 2.67. The van der Waals surface area contributed by atoms with E-state index in [1.807, 2.05) is 6.92 Å². The van der Waals surface area contributed by atoms with E-state index < -0.39 is 4.92 Å². The highest BCUT2D eigenvalue weighted by Gasteiger charge is 2.11. The van der Waals surface area contributed by atoms with Gasteiger partial charge >= 0.3 is 0 Å². The molecule has 0 unspecified atom stereocenters. The van der Waals surface area contributed by atoms with Gasteiger partial charge in [-0.05, 0) is 12.5 Å². The summed E-state index contributed by atoms with van der Waals surface area (Å²) in [6.07, 6.45) is 4.00. The molecule has 0 bridgehead atoms. The van der Waals surface area contributed by atoms with Crippen LogP contribution < -0.4 is 10.6 Å². The first-order chi connectivity index (χ1) is 10.2. The summed E-state index contributed by atoms with van der Waals surface area (Å²) in [6.45, 7) is 3.14. The standard InChI is InChI=1S/C13H16N6O2/c1-2-4-15-12-6-11(19(20)21)7-13(18-12)16-8-10-3-5-14-9-17-10/h3,5-7,9H,2,4,8H2,1H3,(H2,15,16,18). The van der Waals surface area contributed by atoms with Crippen molar-refractivity contribution in [3.8, 4) is 0 Å². The zero-order chi connectivity index (χ0) is 15.1. The van der Waals surface area contributed by atoms with Crippen molar-refractivity contribution in [2.24, 2.45) is 0 Å². The Kier molecular flexibility index (Phi) is 4.97. The Balaban J connectivity index is 2.13. The minimum absolute atomic E-state index is 0.00575. The predicted molar refractivity (Wildman–Crippen MR) is 79.0 cm³/mol. The lowest BCUT2D eigenvalue weighted by molar-refractivity contribution is -0.384. The average Bonchev–Trinajstić information content (AvgIpc) is 2.51. The van der Waals surface area contributed by atoms with Crippen LogP contribution >= 0.6 is 0 Å². The third kappa shape index (κ3) is 4.37. The van der Waals surface area contributed by atoms with Crippen LogP contribution in [-0.2, 0) is 6.54 Å². The molecule has 0 spiro atoms. The van der Waals surface area contributed by atoms with Crippen LogP contribution in [0.1, 0.15) is 19.0 Å². The lowest BCUT2D eigenvalue weighted by atomic mass is 10.3. The molecule has 0 aliphatic heterocycles. The van der Waals surface area contributed by atoms with Crippen LogP contribution in [0.4, 0.5) is 17.3 Å². The quantitative estimate of drug-likeness (QED) is 0.594. The second-order valence-corrected chi connectivity index (χ2v) is 4.33. The van der Waals surface area contributed by atoms with Crippen LogP contribution in [0.5, 0.6) is 0 Å². The average molecular weight is 288 g/mol. The van der Waals surface area contributed by atoms with Crippen molar-refractivity contribution in [2.45, 2.75) is 19.9 Å². The second kappa shape index (κ2) is 7.13. The molecule has 2 aromatic heterocycles. The molecule has 110 valence electrons.